The van der Waals surface area contributed by atoms with Crippen LogP contribution in [0.4, 0.5) is 9.59 Å². The van der Waals surface area contributed by atoms with Gasteiger partial charge in [-0.2, -0.15) is 0 Å². The average molecular weight is 495 g/mol. The highest BCUT2D eigenvalue weighted by Crippen LogP contribution is 2.07. The molecule has 0 aliphatic heterocycles. The summed E-state index contributed by atoms with van der Waals surface area (Å²) in [5, 5.41) is 0. The van der Waals surface area contributed by atoms with Crippen LogP contribution in [0, 0.1) is 0 Å². The predicted molar refractivity (Wildman–Crippen MR) is 139 cm³/mol. The number of carbonyl (C=O) groups is 2. The first-order valence-corrected chi connectivity index (χ1v) is 13.0. The van der Waals surface area contributed by atoms with Gasteiger partial charge in [-0.15, -0.1) is 0 Å². The lowest BCUT2D eigenvalue weighted by atomic mass is 10.1. The SMILES string of the molecule is CC=CCCCCCCC=COC(=O)OCCOCCOC(=O)OC=CCCCCCCC=CC. The lowest BCUT2D eigenvalue weighted by Gasteiger charge is -2.06. The molecule has 200 valence electrons. The van der Waals surface area contributed by atoms with Crippen molar-refractivity contribution in [2.75, 3.05) is 26.4 Å². The maximum atomic E-state index is 11.4. The van der Waals surface area contributed by atoms with Crippen LogP contribution in [0.5, 0.6) is 0 Å². The molecule has 0 aliphatic rings. The van der Waals surface area contributed by atoms with E-state index in [0.29, 0.717) is 0 Å². The molecule has 35 heavy (non-hydrogen) atoms. The summed E-state index contributed by atoms with van der Waals surface area (Å²) in [7, 11) is 0. The Morgan fingerprint density at radius 2 is 0.886 bits per heavy atom. The highest BCUT2D eigenvalue weighted by atomic mass is 16.7. The smallest absolute Gasteiger partial charge is 0.432 e. The van der Waals surface area contributed by atoms with Crippen LogP contribution in [-0.4, -0.2) is 38.7 Å². The fourth-order valence-corrected chi connectivity index (χ4v) is 2.97. The largest absolute Gasteiger partial charge is 0.513 e. The molecule has 7 nitrogen and oxygen atoms in total. The van der Waals surface area contributed by atoms with Gasteiger partial charge in [0.25, 0.3) is 0 Å². The van der Waals surface area contributed by atoms with Crippen molar-refractivity contribution in [3.63, 3.8) is 0 Å². The van der Waals surface area contributed by atoms with Crippen LogP contribution in [0.3, 0.4) is 0 Å². The van der Waals surface area contributed by atoms with E-state index in [1.54, 1.807) is 0 Å². The van der Waals surface area contributed by atoms with Crippen LogP contribution in [0.1, 0.15) is 90.9 Å². The van der Waals surface area contributed by atoms with Gasteiger partial charge in [-0.1, -0.05) is 50.0 Å². The van der Waals surface area contributed by atoms with Gasteiger partial charge in [0.2, 0.25) is 0 Å². The lowest BCUT2D eigenvalue weighted by Crippen LogP contribution is -2.14. The van der Waals surface area contributed by atoms with Crippen molar-refractivity contribution in [3.05, 3.63) is 49.0 Å². The van der Waals surface area contributed by atoms with Crippen molar-refractivity contribution in [1.82, 2.24) is 0 Å². The van der Waals surface area contributed by atoms with Crippen molar-refractivity contribution < 1.29 is 33.3 Å². The molecule has 7 heteroatoms. The van der Waals surface area contributed by atoms with Gasteiger partial charge in [0.1, 0.15) is 13.2 Å². The van der Waals surface area contributed by atoms with Gasteiger partial charge in [-0.3, -0.25) is 0 Å². The van der Waals surface area contributed by atoms with Crippen molar-refractivity contribution >= 4 is 12.3 Å². The minimum absolute atomic E-state index is 0.0569. The number of allylic oxidation sites excluding steroid dienone is 6. The summed E-state index contributed by atoms with van der Waals surface area (Å²) >= 11 is 0. The molecule has 0 aliphatic carbocycles. The molecule has 0 aromatic rings. The summed E-state index contributed by atoms with van der Waals surface area (Å²) < 4.78 is 24.7. The highest BCUT2D eigenvalue weighted by molar-refractivity contribution is 5.60. The second-order valence-electron chi connectivity index (χ2n) is 7.91. The normalized spacial score (nSPS) is 11.7. The Balaban J connectivity index is 3.41. The molecule has 0 fully saturated rings. The fraction of sp³-hybridized carbons (Fsp3) is 0.643. The van der Waals surface area contributed by atoms with Crippen molar-refractivity contribution in [2.24, 2.45) is 0 Å². The summed E-state index contributed by atoms with van der Waals surface area (Å²) in [5.41, 5.74) is 0. The highest BCUT2D eigenvalue weighted by Gasteiger charge is 2.03. The molecule has 0 aromatic heterocycles. The number of hydrogen-bond acceptors (Lipinski definition) is 7. The van der Waals surface area contributed by atoms with Crippen LogP contribution < -0.4 is 0 Å². The Labute approximate surface area is 212 Å². The molecule has 0 radical (unpaired) electrons. The zero-order valence-electron chi connectivity index (χ0n) is 21.8. The topological polar surface area (TPSA) is 80.3 Å². The Bertz CT molecular complexity index is 556. The molecule has 0 rings (SSSR count). The summed E-state index contributed by atoms with van der Waals surface area (Å²) in [6.45, 7) is 4.55. The molecule has 0 saturated heterocycles. The number of unbranched alkanes of at least 4 members (excludes halogenated alkanes) is 10. The third kappa shape index (κ3) is 27.6. The Hall–Kier alpha value is -2.54. The summed E-state index contributed by atoms with van der Waals surface area (Å²) in [5.74, 6) is 0. The molecule has 0 N–H and O–H groups in total. The molecule has 0 amide bonds. The zero-order valence-corrected chi connectivity index (χ0v) is 21.8. The van der Waals surface area contributed by atoms with Crippen molar-refractivity contribution in [1.29, 1.82) is 0 Å². The average Bonchev–Trinajstić information content (AvgIpc) is 2.85. The van der Waals surface area contributed by atoms with Gasteiger partial charge in [-0.05, 0) is 77.4 Å². The van der Waals surface area contributed by atoms with Gasteiger partial charge in [-0.25, -0.2) is 9.59 Å². The van der Waals surface area contributed by atoms with E-state index in [-0.39, 0.29) is 26.4 Å². The second kappa shape index (κ2) is 27.7. The molecular formula is C28H46O7. The maximum absolute atomic E-state index is 11.4. The molecule has 0 unspecified atom stereocenters. The number of carbonyl (C=O) groups excluding carboxylic acids is 2. The van der Waals surface area contributed by atoms with E-state index >= 15 is 0 Å². The van der Waals surface area contributed by atoms with Gasteiger partial charge >= 0.3 is 12.3 Å². The Morgan fingerprint density at radius 3 is 1.26 bits per heavy atom. The zero-order chi connectivity index (χ0) is 25.7. The first-order chi connectivity index (χ1) is 17.2. The fourth-order valence-electron chi connectivity index (χ4n) is 2.97. The van der Waals surface area contributed by atoms with Crippen molar-refractivity contribution in [2.45, 2.75) is 90.9 Å². The standard InChI is InChI=1S/C28H46O7/c1-3-5-7-9-11-13-15-17-19-21-32-27(29)34-25-23-31-24-26-35-28(30)33-22-20-18-16-14-12-10-8-6-4-2/h3-6,19-22H,7-18,23-26H2,1-2H3. The summed E-state index contributed by atoms with van der Waals surface area (Å²) in [6, 6.07) is 0. The van der Waals surface area contributed by atoms with Crippen LogP contribution in [0.25, 0.3) is 0 Å². The first kappa shape index (κ1) is 32.5. The minimum Gasteiger partial charge on any atom is -0.432 e. The second-order valence-corrected chi connectivity index (χ2v) is 7.91. The number of ether oxygens (including phenoxy) is 5. The summed E-state index contributed by atoms with van der Waals surface area (Å²) in [4.78, 5) is 22.9. The van der Waals surface area contributed by atoms with E-state index in [1.165, 1.54) is 51.0 Å². The molecular weight excluding hydrogens is 448 g/mol. The predicted octanol–water partition coefficient (Wildman–Crippen LogP) is 8.17. The van der Waals surface area contributed by atoms with E-state index < -0.39 is 12.3 Å². The third-order valence-corrected chi connectivity index (χ3v) is 4.87. The quantitative estimate of drug-likeness (QED) is 0.0649. The van der Waals surface area contributed by atoms with Gasteiger partial charge in [0, 0.05) is 0 Å². The molecule has 0 saturated carbocycles. The molecule has 0 aromatic carbocycles. The van der Waals surface area contributed by atoms with E-state index in [0.717, 1.165) is 38.5 Å². The van der Waals surface area contributed by atoms with Gasteiger partial charge in [0.05, 0.1) is 25.7 Å². The number of hydrogen-bond donors (Lipinski definition) is 0. The molecule has 0 bridgehead atoms. The number of rotatable bonds is 22. The molecule has 0 heterocycles. The van der Waals surface area contributed by atoms with Gasteiger partial charge in [0.15, 0.2) is 0 Å². The summed E-state index contributed by atoms with van der Waals surface area (Å²) in [6.07, 6.45) is 26.7. The monoisotopic (exact) mass is 494 g/mol. The first-order valence-electron chi connectivity index (χ1n) is 13.0. The minimum atomic E-state index is -0.767. The Morgan fingerprint density at radius 1 is 0.514 bits per heavy atom. The van der Waals surface area contributed by atoms with E-state index in [9.17, 15) is 9.59 Å². The third-order valence-electron chi connectivity index (χ3n) is 4.87. The van der Waals surface area contributed by atoms with E-state index in [1.807, 2.05) is 26.0 Å². The van der Waals surface area contributed by atoms with E-state index in [2.05, 4.69) is 24.3 Å². The van der Waals surface area contributed by atoms with Crippen molar-refractivity contribution in [3.8, 4) is 0 Å². The van der Waals surface area contributed by atoms with Crippen LogP contribution >= 0.6 is 0 Å². The van der Waals surface area contributed by atoms with E-state index in [4.69, 9.17) is 23.7 Å². The molecule has 0 spiro atoms. The van der Waals surface area contributed by atoms with Crippen LogP contribution in [0.15, 0.2) is 49.0 Å². The molecule has 0 atom stereocenters. The van der Waals surface area contributed by atoms with Crippen LogP contribution in [0.2, 0.25) is 0 Å². The van der Waals surface area contributed by atoms with Crippen LogP contribution in [-0.2, 0) is 23.7 Å². The van der Waals surface area contributed by atoms with Gasteiger partial charge < -0.3 is 23.7 Å². The maximum Gasteiger partial charge on any atom is 0.513 e. The lowest BCUT2D eigenvalue weighted by molar-refractivity contribution is 0.0201. The Kier molecular flexibility index (Phi) is 25.7.